The molecule has 0 atom stereocenters. The number of tetrazole rings is 1. The molecule has 0 saturated carbocycles. The Morgan fingerprint density at radius 3 is 2.89 bits per heavy atom. The van der Waals surface area contributed by atoms with Gasteiger partial charge in [-0.05, 0) is 59.3 Å². The van der Waals surface area contributed by atoms with E-state index in [9.17, 15) is 9.59 Å². The van der Waals surface area contributed by atoms with E-state index in [4.69, 9.17) is 4.74 Å². The normalized spacial score (nSPS) is 10.8. The summed E-state index contributed by atoms with van der Waals surface area (Å²) < 4.78 is 6.84. The zero-order valence-electron chi connectivity index (χ0n) is 15.6. The van der Waals surface area contributed by atoms with Crippen molar-refractivity contribution in [1.82, 2.24) is 20.2 Å². The fourth-order valence-electron chi connectivity index (χ4n) is 2.51. The maximum absolute atomic E-state index is 12.0. The minimum atomic E-state index is -0.357. The molecule has 0 aliphatic heterocycles. The van der Waals surface area contributed by atoms with Crippen LogP contribution in [0.3, 0.4) is 0 Å². The molecule has 2 aromatic heterocycles. The summed E-state index contributed by atoms with van der Waals surface area (Å²) in [4.78, 5) is 24.6. The minimum Gasteiger partial charge on any atom is -0.465 e. The number of ether oxygens (including phenoxy) is 1. The van der Waals surface area contributed by atoms with Crippen LogP contribution in [-0.2, 0) is 9.53 Å². The number of esters is 1. The van der Waals surface area contributed by atoms with E-state index in [2.05, 4.69) is 15.5 Å². The number of thioether (sulfide) groups is 1. The van der Waals surface area contributed by atoms with Crippen molar-refractivity contribution in [2.24, 2.45) is 0 Å². The summed E-state index contributed by atoms with van der Waals surface area (Å²) in [5, 5.41) is 14.1. The molecule has 9 heteroatoms. The Labute approximate surface area is 171 Å². The maximum Gasteiger partial charge on any atom is 0.316 e. The number of thiophene rings is 1. The summed E-state index contributed by atoms with van der Waals surface area (Å²) in [7, 11) is 0. The van der Waals surface area contributed by atoms with Crippen LogP contribution in [0, 0.1) is 13.8 Å². The topological polar surface area (TPSA) is 87.0 Å². The van der Waals surface area contributed by atoms with Gasteiger partial charge in [0, 0.05) is 6.42 Å². The van der Waals surface area contributed by atoms with Crippen molar-refractivity contribution in [1.29, 1.82) is 0 Å². The Morgan fingerprint density at radius 2 is 2.11 bits per heavy atom. The van der Waals surface area contributed by atoms with Crippen LogP contribution in [0.5, 0.6) is 0 Å². The van der Waals surface area contributed by atoms with Crippen molar-refractivity contribution in [2.75, 3.05) is 12.4 Å². The van der Waals surface area contributed by atoms with Gasteiger partial charge in [0.2, 0.25) is 5.16 Å². The Hall–Kier alpha value is -2.52. The molecule has 28 heavy (non-hydrogen) atoms. The molecular weight excluding hydrogens is 396 g/mol. The van der Waals surface area contributed by atoms with Crippen LogP contribution < -0.4 is 0 Å². The predicted molar refractivity (Wildman–Crippen MR) is 108 cm³/mol. The van der Waals surface area contributed by atoms with Crippen LogP contribution in [-0.4, -0.2) is 44.3 Å². The number of carbonyl (C=O) groups is 2. The van der Waals surface area contributed by atoms with E-state index in [1.165, 1.54) is 23.1 Å². The van der Waals surface area contributed by atoms with Crippen LogP contribution in [0.4, 0.5) is 0 Å². The molecule has 146 valence electrons. The Kier molecular flexibility index (Phi) is 6.94. The number of Topliss-reactive ketones (excluding diaryl/α,β-unsaturated/α-hetero) is 1. The molecule has 0 fully saturated rings. The number of rotatable bonds is 9. The first-order valence-electron chi connectivity index (χ1n) is 8.75. The Bertz CT molecular complexity index is 954. The highest BCUT2D eigenvalue weighted by molar-refractivity contribution is 7.99. The van der Waals surface area contributed by atoms with E-state index < -0.39 is 0 Å². The fourth-order valence-corrected chi connectivity index (χ4v) is 3.89. The predicted octanol–water partition coefficient (Wildman–Crippen LogP) is 3.64. The van der Waals surface area contributed by atoms with Crippen LogP contribution in [0.1, 0.15) is 33.6 Å². The van der Waals surface area contributed by atoms with Gasteiger partial charge in [-0.1, -0.05) is 30.0 Å². The van der Waals surface area contributed by atoms with Crippen LogP contribution in [0.2, 0.25) is 0 Å². The number of ketones is 1. The van der Waals surface area contributed by atoms with Gasteiger partial charge < -0.3 is 4.74 Å². The first kappa shape index (κ1) is 20.2. The van der Waals surface area contributed by atoms with Gasteiger partial charge in [-0.15, -0.1) is 16.4 Å². The van der Waals surface area contributed by atoms with Crippen molar-refractivity contribution in [3.05, 3.63) is 51.7 Å². The van der Waals surface area contributed by atoms with Gasteiger partial charge in [0.15, 0.2) is 5.78 Å². The van der Waals surface area contributed by atoms with E-state index in [1.54, 1.807) is 10.7 Å². The molecule has 0 radical (unpaired) electrons. The number of benzene rings is 1. The quantitative estimate of drug-likeness (QED) is 0.228. The largest absolute Gasteiger partial charge is 0.465 e. The average molecular weight is 417 g/mol. The molecule has 1 aromatic carbocycles. The van der Waals surface area contributed by atoms with Crippen LogP contribution in [0.25, 0.3) is 5.69 Å². The zero-order chi connectivity index (χ0) is 19.9. The van der Waals surface area contributed by atoms with E-state index in [0.717, 1.165) is 21.7 Å². The van der Waals surface area contributed by atoms with E-state index in [1.807, 2.05) is 43.5 Å². The van der Waals surface area contributed by atoms with Crippen molar-refractivity contribution in [3.8, 4) is 5.69 Å². The SMILES string of the molecule is Cc1ccc(C)c(-n2nnnc2SCC(=O)OCCCC(=O)c2cccs2)c1. The second kappa shape index (κ2) is 9.61. The number of hydrogen-bond donors (Lipinski definition) is 0. The van der Waals surface area contributed by atoms with E-state index in [0.29, 0.717) is 18.0 Å². The van der Waals surface area contributed by atoms with Gasteiger partial charge >= 0.3 is 5.97 Å². The van der Waals surface area contributed by atoms with Crippen molar-refractivity contribution >= 4 is 34.9 Å². The van der Waals surface area contributed by atoms with Crippen molar-refractivity contribution < 1.29 is 14.3 Å². The first-order chi connectivity index (χ1) is 13.5. The second-order valence-corrected chi connectivity index (χ2v) is 8.07. The maximum atomic E-state index is 12.0. The van der Waals surface area contributed by atoms with Crippen LogP contribution >= 0.6 is 23.1 Å². The summed E-state index contributed by atoms with van der Waals surface area (Å²) >= 11 is 2.64. The number of aromatic nitrogens is 4. The average Bonchev–Trinajstić information content (AvgIpc) is 3.37. The van der Waals surface area contributed by atoms with E-state index >= 15 is 0 Å². The standard InChI is InChI=1S/C19H20N4O3S2/c1-13-7-8-14(2)15(11-13)23-19(20-21-22-23)28-12-18(25)26-9-3-5-16(24)17-6-4-10-27-17/h4,6-8,10-11H,3,5,9,12H2,1-2H3. The Balaban J connectivity index is 1.46. The fraction of sp³-hybridized carbons (Fsp3) is 0.316. The highest BCUT2D eigenvalue weighted by Crippen LogP contribution is 2.21. The number of aryl methyl sites for hydroxylation is 2. The van der Waals surface area contributed by atoms with Gasteiger partial charge in [-0.2, -0.15) is 4.68 Å². The molecule has 3 aromatic rings. The van der Waals surface area contributed by atoms with Gasteiger partial charge in [-0.3, -0.25) is 9.59 Å². The molecule has 3 rings (SSSR count). The molecule has 0 aliphatic carbocycles. The summed E-state index contributed by atoms with van der Waals surface area (Å²) in [5.74, 6) is -0.179. The lowest BCUT2D eigenvalue weighted by molar-refractivity contribution is -0.140. The molecule has 0 spiro atoms. The summed E-state index contributed by atoms with van der Waals surface area (Å²) in [6.07, 6.45) is 0.874. The molecule has 0 unspecified atom stereocenters. The molecule has 0 bridgehead atoms. The monoisotopic (exact) mass is 416 g/mol. The zero-order valence-corrected chi connectivity index (χ0v) is 17.3. The summed E-state index contributed by atoms with van der Waals surface area (Å²) in [6, 6.07) is 9.68. The van der Waals surface area contributed by atoms with Gasteiger partial charge in [0.05, 0.1) is 22.9 Å². The summed E-state index contributed by atoms with van der Waals surface area (Å²) in [6.45, 7) is 4.20. The Morgan fingerprint density at radius 1 is 1.25 bits per heavy atom. The molecule has 0 saturated heterocycles. The molecule has 2 heterocycles. The van der Waals surface area contributed by atoms with Crippen molar-refractivity contribution in [3.63, 3.8) is 0 Å². The van der Waals surface area contributed by atoms with Gasteiger partial charge in [0.1, 0.15) is 0 Å². The minimum absolute atomic E-state index is 0.0770. The lowest BCUT2D eigenvalue weighted by Crippen LogP contribution is -2.10. The molecular formula is C19H20N4O3S2. The molecule has 0 aliphatic rings. The third-order valence-electron chi connectivity index (χ3n) is 3.96. The lowest BCUT2D eigenvalue weighted by atomic mass is 10.1. The smallest absolute Gasteiger partial charge is 0.316 e. The lowest BCUT2D eigenvalue weighted by Gasteiger charge is -2.08. The molecule has 0 amide bonds. The van der Waals surface area contributed by atoms with Gasteiger partial charge in [0.25, 0.3) is 0 Å². The summed E-state index contributed by atoms with van der Waals surface area (Å²) in [5.41, 5.74) is 3.02. The van der Waals surface area contributed by atoms with Crippen LogP contribution in [0.15, 0.2) is 40.9 Å². The third kappa shape index (κ3) is 5.26. The van der Waals surface area contributed by atoms with Crippen molar-refractivity contribution in [2.45, 2.75) is 31.8 Å². The third-order valence-corrected chi connectivity index (χ3v) is 5.76. The molecule has 0 N–H and O–H groups in total. The van der Waals surface area contributed by atoms with E-state index in [-0.39, 0.29) is 24.1 Å². The molecule has 7 nitrogen and oxygen atoms in total. The number of carbonyl (C=O) groups excluding carboxylic acids is 2. The second-order valence-electron chi connectivity index (χ2n) is 6.18. The number of hydrogen-bond acceptors (Lipinski definition) is 8. The first-order valence-corrected chi connectivity index (χ1v) is 10.6. The number of nitrogens with zero attached hydrogens (tertiary/aromatic N) is 4. The highest BCUT2D eigenvalue weighted by atomic mass is 32.2. The van der Waals surface area contributed by atoms with Gasteiger partial charge in [-0.25, -0.2) is 0 Å². The highest BCUT2D eigenvalue weighted by Gasteiger charge is 2.14.